The van der Waals surface area contributed by atoms with E-state index in [1.165, 1.54) is 28.5 Å². The Kier molecular flexibility index (Phi) is 3.35. The Morgan fingerprint density at radius 2 is 2.29 bits per heavy atom. The van der Waals surface area contributed by atoms with Crippen molar-refractivity contribution in [2.45, 2.75) is 31.3 Å². The molecule has 5 heteroatoms. The Bertz CT molecular complexity index is 882. The van der Waals surface area contributed by atoms with Gasteiger partial charge in [-0.2, -0.15) is 0 Å². The molecule has 0 radical (unpaired) electrons. The van der Waals surface area contributed by atoms with Gasteiger partial charge < -0.3 is 14.5 Å². The van der Waals surface area contributed by atoms with E-state index >= 15 is 0 Å². The van der Waals surface area contributed by atoms with Crippen LogP contribution in [0.5, 0.6) is 0 Å². The van der Waals surface area contributed by atoms with E-state index in [2.05, 4.69) is 66.8 Å². The average Bonchev–Trinajstić information content (AvgIpc) is 3.18. The molecule has 4 nitrogen and oxygen atoms in total. The first-order chi connectivity index (χ1) is 11.7. The Labute approximate surface area is 150 Å². The fourth-order valence-electron chi connectivity index (χ4n) is 4.92. The van der Waals surface area contributed by atoms with E-state index in [9.17, 15) is 0 Å². The highest BCUT2D eigenvalue weighted by molar-refractivity contribution is 9.10. The van der Waals surface area contributed by atoms with Gasteiger partial charge >= 0.3 is 0 Å². The molecule has 3 aromatic rings. The molecule has 1 N–H and O–H groups in total. The summed E-state index contributed by atoms with van der Waals surface area (Å²) in [5, 5.41) is 1.46. The third-order valence-electron chi connectivity index (χ3n) is 5.91. The third kappa shape index (κ3) is 2.18. The molecule has 0 amide bonds. The van der Waals surface area contributed by atoms with Crippen molar-refractivity contribution in [2.24, 2.45) is 5.92 Å². The van der Waals surface area contributed by atoms with Gasteiger partial charge in [0.15, 0.2) is 0 Å². The maximum Gasteiger partial charge on any atom is 0.0946 e. The molecule has 5 rings (SSSR count). The number of aromatic amines is 1. The highest BCUT2D eigenvalue weighted by atomic mass is 79.9. The lowest BCUT2D eigenvalue weighted by atomic mass is 9.72. The number of halogens is 1. The third-order valence-corrected chi connectivity index (χ3v) is 6.59. The molecule has 2 aliphatic rings. The first-order valence-corrected chi connectivity index (χ1v) is 9.45. The number of rotatable bonds is 2. The van der Waals surface area contributed by atoms with Gasteiger partial charge in [-0.05, 0) is 58.9 Å². The Morgan fingerprint density at radius 3 is 3.12 bits per heavy atom. The van der Waals surface area contributed by atoms with E-state index in [1.807, 2.05) is 12.5 Å². The number of hydrogen-bond donors (Lipinski definition) is 1. The van der Waals surface area contributed by atoms with Gasteiger partial charge in [0.05, 0.1) is 10.9 Å². The van der Waals surface area contributed by atoms with Gasteiger partial charge in [-0.3, -0.25) is 0 Å². The highest BCUT2D eigenvalue weighted by Gasteiger charge is 2.40. The Hall–Kier alpha value is -1.59. The van der Waals surface area contributed by atoms with Crippen LogP contribution in [-0.4, -0.2) is 39.1 Å². The maximum atomic E-state index is 4.19. The number of nitrogens with one attached hydrogen (secondary N) is 1. The summed E-state index contributed by atoms with van der Waals surface area (Å²) >= 11 is 3.74. The first kappa shape index (κ1) is 14.7. The lowest BCUT2D eigenvalue weighted by Gasteiger charge is -2.45. The monoisotopic (exact) mass is 384 g/mol. The Balaban J connectivity index is 1.54. The minimum absolute atomic E-state index is 0.606. The lowest BCUT2D eigenvalue weighted by molar-refractivity contribution is 0.103. The van der Waals surface area contributed by atoms with E-state index in [4.69, 9.17) is 0 Å². The summed E-state index contributed by atoms with van der Waals surface area (Å²) in [7, 11) is 2.30. The SMILES string of the molecule is CN1C[C@@H](Cn2ccnc2)C[C@@H]2c3cccc4[nH]c(Br)c(c34)C[C@H]21. The highest BCUT2D eigenvalue weighted by Crippen LogP contribution is 2.46. The number of likely N-dealkylation sites (tertiary alicyclic amines) is 1. The number of piperidine rings is 1. The summed E-state index contributed by atoms with van der Waals surface area (Å²) in [6, 6.07) is 7.35. The molecule has 24 heavy (non-hydrogen) atoms. The molecule has 3 atom stereocenters. The summed E-state index contributed by atoms with van der Waals surface area (Å²) in [5.74, 6) is 1.29. The van der Waals surface area contributed by atoms with Crippen molar-refractivity contribution in [3.8, 4) is 0 Å². The normalized spacial score (nSPS) is 26.7. The molecule has 1 saturated heterocycles. The zero-order valence-corrected chi connectivity index (χ0v) is 15.3. The van der Waals surface area contributed by atoms with Crippen LogP contribution in [0.2, 0.25) is 0 Å². The molecule has 1 aliphatic carbocycles. The molecule has 1 aliphatic heterocycles. The van der Waals surface area contributed by atoms with Gasteiger partial charge in [0.2, 0.25) is 0 Å². The van der Waals surface area contributed by atoms with Crippen molar-refractivity contribution in [3.63, 3.8) is 0 Å². The van der Waals surface area contributed by atoms with Crippen LogP contribution >= 0.6 is 15.9 Å². The second-order valence-corrected chi connectivity index (χ2v) is 8.16. The van der Waals surface area contributed by atoms with Crippen molar-refractivity contribution in [1.82, 2.24) is 19.4 Å². The minimum atomic E-state index is 0.606. The van der Waals surface area contributed by atoms with Gasteiger partial charge in [-0.25, -0.2) is 4.98 Å². The largest absolute Gasteiger partial charge is 0.349 e. The van der Waals surface area contributed by atoms with Crippen molar-refractivity contribution in [3.05, 3.63) is 52.7 Å². The fourth-order valence-corrected chi connectivity index (χ4v) is 5.50. The lowest BCUT2D eigenvalue weighted by Crippen LogP contribution is -2.48. The number of nitrogens with zero attached hydrogens (tertiary/aromatic N) is 3. The van der Waals surface area contributed by atoms with Gasteiger partial charge in [0, 0.05) is 48.3 Å². The number of aromatic nitrogens is 3. The van der Waals surface area contributed by atoms with E-state index < -0.39 is 0 Å². The van der Waals surface area contributed by atoms with Gasteiger partial charge in [-0.15, -0.1) is 0 Å². The van der Waals surface area contributed by atoms with Gasteiger partial charge in [0.25, 0.3) is 0 Å². The zero-order valence-electron chi connectivity index (χ0n) is 13.7. The summed E-state index contributed by atoms with van der Waals surface area (Å²) in [5.41, 5.74) is 4.26. The molecule has 2 aromatic heterocycles. The first-order valence-electron chi connectivity index (χ1n) is 8.65. The molecule has 0 bridgehead atoms. The van der Waals surface area contributed by atoms with E-state index in [0.717, 1.165) is 24.1 Å². The molecule has 0 unspecified atom stereocenters. The van der Waals surface area contributed by atoms with Crippen molar-refractivity contribution >= 4 is 26.8 Å². The number of fused-ring (bicyclic) bond motifs is 2. The fraction of sp³-hybridized carbons (Fsp3) is 0.421. The number of benzene rings is 1. The molecule has 1 aromatic carbocycles. The zero-order chi connectivity index (χ0) is 16.3. The average molecular weight is 385 g/mol. The van der Waals surface area contributed by atoms with Crippen LogP contribution in [0.1, 0.15) is 23.5 Å². The van der Waals surface area contributed by atoms with Crippen LogP contribution in [0.15, 0.2) is 41.5 Å². The Morgan fingerprint density at radius 1 is 1.38 bits per heavy atom. The summed E-state index contributed by atoms with van der Waals surface area (Å²) in [4.78, 5) is 10.3. The van der Waals surface area contributed by atoms with Crippen LogP contribution in [0.25, 0.3) is 10.9 Å². The maximum absolute atomic E-state index is 4.19. The standard InChI is InChI=1S/C19H21BrN4/c1-23-9-12(10-24-6-5-21-11-24)7-14-13-3-2-4-16-18(13)15(8-17(14)23)19(20)22-16/h2-6,11-12,14,17,22H,7-10H2,1H3/t12-,14+,17+/m0/s1. The predicted octanol–water partition coefficient (Wildman–Crippen LogP) is 3.79. The summed E-state index contributed by atoms with van der Waals surface area (Å²) in [6.07, 6.45) is 8.29. The van der Waals surface area contributed by atoms with E-state index in [0.29, 0.717) is 17.9 Å². The van der Waals surface area contributed by atoms with E-state index in [-0.39, 0.29) is 0 Å². The smallest absolute Gasteiger partial charge is 0.0946 e. The predicted molar refractivity (Wildman–Crippen MR) is 99.2 cm³/mol. The van der Waals surface area contributed by atoms with E-state index in [1.54, 1.807) is 0 Å². The van der Waals surface area contributed by atoms with Crippen molar-refractivity contribution in [2.75, 3.05) is 13.6 Å². The molecule has 0 saturated carbocycles. The summed E-state index contributed by atoms with van der Waals surface area (Å²) < 4.78 is 3.39. The molecule has 1 fully saturated rings. The van der Waals surface area contributed by atoms with Crippen molar-refractivity contribution < 1.29 is 0 Å². The second kappa shape index (κ2) is 5.46. The number of H-pyrrole nitrogens is 1. The quantitative estimate of drug-likeness (QED) is 0.729. The second-order valence-electron chi connectivity index (χ2n) is 7.37. The van der Waals surface area contributed by atoms with Gasteiger partial charge in [-0.1, -0.05) is 12.1 Å². The number of imidazole rings is 1. The summed E-state index contributed by atoms with van der Waals surface area (Å²) in [6.45, 7) is 2.22. The molecule has 3 heterocycles. The molecular formula is C19H21BrN4. The molecule has 124 valence electrons. The van der Waals surface area contributed by atoms with Gasteiger partial charge in [0.1, 0.15) is 0 Å². The number of likely N-dealkylation sites (N-methyl/N-ethyl adjacent to an activating group) is 1. The van der Waals surface area contributed by atoms with Crippen LogP contribution in [-0.2, 0) is 13.0 Å². The van der Waals surface area contributed by atoms with Crippen LogP contribution < -0.4 is 0 Å². The van der Waals surface area contributed by atoms with Crippen LogP contribution in [0.4, 0.5) is 0 Å². The minimum Gasteiger partial charge on any atom is -0.349 e. The number of hydrogen-bond acceptors (Lipinski definition) is 2. The topological polar surface area (TPSA) is 36.9 Å². The van der Waals surface area contributed by atoms with Crippen molar-refractivity contribution in [1.29, 1.82) is 0 Å². The van der Waals surface area contributed by atoms with Crippen LogP contribution in [0, 0.1) is 5.92 Å². The molecule has 0 spiro atoms. The molecular weight excluding hydrogens is 364 g/mol. The van der Waals surface area contributed by atoms with Crippen LogP contribution in [0.3, 0.4) is 0 Å².